The van der Waals surface area contributed by atoms with Crippen molar-refractivity contribution in [2.24, 2.45) is 0 Å². The summed E-state index contributed by atoms with van der Waals surface area (Å²) in [5.41, 5.74) is 8.39. The summed E-state index contributed by atoms with van der Waals surface area (Å²) in [7, 11) is 0. The van der Waals surface area contributed by atoms with E-state index in [4.69, 9.17) is 17.3 Å². The van der Waals surface area contributed by atoms with Crippen LogP contribution < -0.4 is 5.73 Å². The van der Waals surface area contributed by atoms with E-state index in [1.807, 2.05) is 55.5 Å². The van der Waals surface area contributed by atoms with E-state index in [1.54, 1.807) is 4.68 Å². The van der Waals surface area contributed by atoms with E-state index in [-0.39, 0.29) is 6.04 Å². The Kier molecular flexibility index (Phi) is 3.58. The van der Waals surface area contributed by atoms with Crippen molar-refractivity contribution in [2.75, 3.05) is 5.73 Å². The largest absolute Gasteiger partial charge is 0.399 e. The molecule has 0 aliphatic rings. The maximum Gasteiger partial charge on any atom is 0.182 e. The molecule has 5 nitrogen and oxygen atoms in total. The highest BCUT2D eigenvalue weighted by atomic mass is 35.5. The normalized spacial score (nSPS) is 12.3. The van der Waals surface area contributed by atoms with Gasteiger partial charge in [0.05, 0.1) is 6.04 Å². The average molecular weight is 300 g/mol. The zero-order valence-electron chi connectivity index (χ0n) is 11.4. The molecule has 1 heterocycles. The molecule has 0 aliphatic heterocycles. The predicted octanol–water partition coefficient (Wildman–Crippen LogP) is 3.19. The van der Waals surface area contributed by atoms with E-state index in [1.165, 1.54) is 0 Å². The minimum atomic E-state index is -0.0220. The van der Waals surface area contributed by atoms with Crippen LogP contribution in [0.4, 0.5) is 5.69 Å². The van der Waals surface area contributed by atoms with Crippen LogP contribution in [0.2, 0.25) is 5.02 Å². The van der Waals surface area contributed by atoms with Gasteiger partial charge in [-0.15, -0.1) is 5.10 Å². The van der Waals surface area contributed by atoms with E-state index in [0.29, 0.717) is 16.5 Å². The number of nitrogen functional groups attached to an aromatic ring is 1. The lowest BCUT2D eigenvalue weighted by Crippen LogP contribution is -2.10. The van der Waals surface area contributed by atoms with E-state index in [0.717, 1.165) is 11.1 Å². The molecule has 3 rings (SSSR count). The van der Waals surface area contributed by atoms with Crippen LogP contribution in [0, 0.1) is 0 Å². The summed E-state index contributed by atoms with van der Waals surface area (Å²) in [5, 5.41) is 12.7. The Labute approximate surface area is 127 Å². The van der Waals surface area contributed by atoms with Crippen molar-refractivity contribution in [2.45, 2.75) is 13.0 Å². The molecule has 0 amide bonds. The summed E-state index contributed by atoms with van der Waals surface area (Å²) in [5.74, 6) is 0.697. The smallest absolute Gasteiger partial charge is 0.182 e. The van der Waals surface area contributed by atoms with Gasteiger partial charge < -0.3 is 5.73 Å². The van der Waals surface area contributed by atoms with Gasteiger partial charge in [-0.2, -0.15) is 0 Å². The van der Waals surface area contributed by atoms with Crippen LogP contribution in [0.25, 0.3) is 11.4 Å². The van der Waals surface area contributed by atoms with Crippen molar-refractivity contribution in [3.63, 3.8) is 0 Å². The molecule has 1 atom stereocenters. The first-order valence-corrected chi connectivity index (χ1v) is 6.92. The maximum absolute atomic E-state index is 6.05. The lowest BCUT2D eigenvalue weighted by molar-refractivity contribution is 0.548. The minimum absolute atomic E-state index is 0.0220. The molecule has 0 radical (unpaired) electrons. The van der Waals surface area contributed by atoms with Crippen LogP contribution in [-0.2, 0) is 0 Å². The first kappa shape index (κ1) is 13.6. The van der Waals surface area contributed by atoms with Gasteiger partial charge in [-0.1, -0.05) is 23.7 Å². The van der Waals surface area contributed by atoms with Crippen molar-refractivity contribution in [1.29, 1.82) is 0 Å². The van der Waals surface area contributed by atoms with Crippen molar-refractivity contribution in [1.82, 2.24) is 20.2 Å². The Bertz CT molecular complexity index is 751. The number of rotatable bonds is 3. The van der Waals surface area contributed by atoms with Crippen LogP contribution in [0.1, 0.15) is 18.5 Å². The molecular weight excluding hydrogens is 286 g/mol. The molecule has 0 aliphatic carbocycles. The van der Waals surface area contributed by atoms with Gasteiger partial charge in [0.15, 0.2) is 5.82 Å². The quantitative estimate of drug-likeness (QED) is 0.754. The molecular formula is C15H14ClN5. The Balaban J connectivity index is 2.00. The number of nitrogens with two attached hydrogens (primary N) is 1. The highest BCUT2D eigenvalue weighted by Crippen LogP contribution is 2.25. The zero-order valence-corrected chi connectivity index (χ0v) is 12.2. The summed E-state index contributed by atoms with van der Waals surface area (Å²) < 4.78 is 1.77. The number of tetrazole rings is 1. The van der Waals surface area contributed by atoms with Gasteiger partial charge in [-0.3, -0.25) is 0 Å². The SMILES string of the molecule is CC(c1cccc(Cl)c1)n1nnnc1-c1ccc(N)cc1. The second-order valence-electron chi connectivity index (χ2n) is 4.80. The first-order valence-electron chi connectivity index (χ1n) is 6.54. The Hall–Kier alpha value is -2.40. The molecule has 2 N–H and O–H groups in total. The van der Waals surface area contributed by atoms with Crippen molar-refractivity contribution >= 4 is 17.3 Å². The molecule has 1 unspecified atom stereocenters. The van der Waals surface area contributed by atoms with E-state index in [2.05, 4.69) is 15.5 Å². The van der Waals surface area contributed by atoms with Crippen molar-refractivity contribution in [3.8, 4) is 11.4 Å². The fourth-order valence-electron chi connectivity index (χ4n) is 2.18. The third-order valence-corrected chi connectivity index (χ3v) is 3.59. The van der Waals surface area contributed by atoms with Gasteiger partial charge in [0, 0.05) is 16.3 Å². The second kappa shape index (κ2) is 5.54. The monoisotopic (exact) mass is 299 g/mol. The molecule has 0 bridgehead atoms. The summed E-state index contributed by atoms with van der Waals surface area (Å²) in [6.07, 6.45) is 0. The molecule has 0 fully saturated rings. The van der Waals surface area contributed by atoms with Gasteiger partial charge in [-0.25, -0.2) is 4.68 Å². The van der Waals surface area contributed by atoms with Crippen LogP contribution in [0.15, 0.2) is 48.5 Å². The summed E-state index contributed by atoms with van der Waals surface area (Å²) >= 11 is 6.05. The van der Waals surface area contributed by atoms with Crippen LogP contribution in [0.5, 0.6) is 0 Å². The van der Waals surface area contributed by atoms with Crippen molar-refractivity contribution < 1.29 is 0 Å². The minimum Gasteiger partial charge on any atom is -0.399 e. The highest BCUT2D eigenvalue weighted by Gasteiger charge is 2.16. The molecule has 1 aromatic heterocycles. The fourth-order valence-corrected chi connectivity index (χ4v) is 2.38. The molecule has 21 heavy (non-hydrogen) atoms. The van der Waals surface area contributed by atoms with Crippen LogP contribution >= 0.6 is 11.6 Å². The molecule has 0 spiro atoms. The van der Waals surface area contributed by atoms with Gasteiger partial charge in [0.2, 0.25) is 0 Å². The third-order valence-electron chi connectivity index (χ3n) is 3.36. The Morgan fingerprint density at radius 3 is 2.62 bits per heavy atom. The fraction of sp³-hybridized carbons (Fsp3) is 0.133. The van der Waals surface area contributed by atoms with Crippen LogP contribution in [0.3, 0.4) is 0 Å². The lowest BCUT2D eigenvalue weighted by atomic mass is 10.1. The van der Waals surface area contributed by atoms with Gasteiger partial charge >= 0.3 is 0 Å². The number of halogens is 1. The molecule has 2 aromatic carbocycles. The molecule has 0 saturated heterocycles. The summed E-state index contributed by atoms with van der Waals surface area (Å²) in [6, 6.07) is 15.1. The Morgan fingerprint density at radius 1 is 1.14 bits per heavy atom. The Morgan fingerprint density at radius 2 is 1.90 bits per heavy atom. The summed E-state index contributed by atoms with van der Waals surface area (Å²) in [4.78, 5) is 0. The molecule has 106 valence electrons. The van der Waals surface area contributed by atoms with Gasteiger partial charge in [-0.05, 0) is 59.3 Å². The first-order chi connectivity index (χ1) is 10.1. The second-order valence-corrected chi connectivity index (χ2v) is 5.24. The third kappa shape index (κ3) is 2.73. The number of hydrogen-bond donors (Lipinski definition) is 1. The molecule has 3 aromatic rings. The molecule has 6 heteroatoms. The van der Waals surface area contributed by atoms with E-state index >= 15 is 0 Å². The van der Waals surface area contributed by atoms with Crippen LogP contribution in [-0.4, -0.2) is 20.2 Å². The van der Waals surface area contributed by atoms with Gasteiger partial charge in [0.25, 0.3) is 0 Å². The number of hydrogen-bond acceptors (Lipinski definition) is 4. The number of anilines is 1. The number of aromatic nitrogens is 4. The van der Waals surface area contributed by atoms with E-state index in [9.17, 15) is 0 Å². The lowest BCUT2D eigenvalue weighted by Gasteiger charge is -2.14. The van der Waals surface area contributed by atoms with Gasteiger partial charge in [0.1, 0.15) is 0 Å². The van der Waals surface area contributed by atoms with Crippen molar-refractivity contribution in [3.05, 3.63) is 59.1 Å². The maximum atomic E-state index is 6.05. The number of benzene rings is 2. The number of nitrogens with zero attached hydrogens (tertiary/aromatic N) is 4. The topological polar surface area (TPSA) is 69.6 Å². The zero-order chi connectivity index (χ0) is 14.8. The standard InChI is InChI=1S/C15H14ClN5/c1-10(12-3-2-4-13(16)9-12)21-15(18-19-20-21)11-5-7-14(17)8-6-11/h2-10H,17H2,1H3. The van der Waals surface area contributed by atoms with E-state index < -0.39 is 0 Å². The predicted molar refractivity (Wildman–Crippen MR) is 82.9 cm³/mol. The summed E-state index contributed by atoms with van der Waals surface area (Å²) in [6.45, 7) is 2.03. The molecule has 0 saturated carbocycles. The highest BCUT2D eigenvalue weighted by molar-refractivity contribution is 6.30. The average Bonchev–Trinajstić information content (AvgIpc) is 2.96.